The van der Waals surface area contributed by atoms with Crippen LogP contribution in [0.15, 0.2) is 108 Å². The third-order valence-corrected chi connectivity index (χ3v) is 28.0. The summed E-state index contributed by atoms with van der Waals surface area (Å²) in [7, 11) is 0. The van der Waals surface area contributed by atoms with Crippen molar-refractivity contribution in [1.29, 1.82) is 0 Å². The van der Waals surface area contributed by atoms with Gasteiger partial charge in [-0.1, -0.05) is 0 Å². The van der Waals surface area contributed by atoms with E-state index in [1.165, 1.54) is 33.4 Å². The van der Waals surface area contributed by atoms with E-state index in [0.717, 1.165) is 12.8 Å². The second kappa shape index (κ2) is 10.9. The van der Waals surface area contributed by atoms with E-state index in [2.05, 4.69) is 136 Å². The van der Waals surface area contributed by atoms with Gasteiger partial charge in [-0.25, -0.2) is 0 Å². The summed E-state index contributed by atoms with van der Waals surface area (Å²) in [5, 5.41) is 0. The SMILES string of the molecule is CCC1=Cc2c(-c3ccccc3)cccc2[CH]1[Zr]([CH]1C(CC)=Cc2c(-c3ccccc3)cccc21)=[Si](C)C. The van der Waals surface area contributed by atoms with Crippen LogP contribution in [-0.4, -0.2) is 5.43 Å². The molecule has 0 saturated heterocycles. The number of hydrogen-bond donors (Lipinski definition) is 0. The summed E-state index contributed by atoms with van der Waals surface area (Å²) < 4.78 is 1.35. The van der Waals surface area contributed by atoms with Crippen LogP contribution in [0.1, 0.15) is 56.2 Å². The molecule has 0 radical (unpaired) electrons. The molecule has 0 heterocycles. The van der Waals surface area contributed by atoms with Gasteiger partial charge in [-0.05, 0) is 0 Å². The maximum absolute atomic E-state index is 2.64. The molecule has 0 nitrogen and oxygen atoms in total. The van der Waals surface area contributed by atoms with E-state index >= 15 is 0 Å². The van der Waals surface area contributed by atoms with E-state index in [4.69, 9.17) is 0 Å². The molecule has 0 aromatic heterocycles. The molecule has 4 aromatic carbocycles. The predicted molar refractivity (Wildman–Crippen MR) is 163 cm³/mol. The molecule has 0 aliphatic heterocycles. The van der Waals surface area contributed by atoms with Gasteiger partial charge >= 0.3 is 238 Å². The van der Waals surface area contributed by atoms with Gasteiger partial charge in [0.2, 0.25) is 0 Å². The second-order valence-electron chi connectivity index (χ2n) is 10.8. The molecule has 0 spiro atoms. The molecule has 0 saturated carbocycles. The first kappa shape index (κ1) is 25.7. The monoisotopic (exact) mass is 586 g/mol. The van der Waals surface area contributed by atoms with Crippen molar-refractivity contribution in [2.75, 3.05) is 0 Å². The van der Waals surface area contributed by atoms with Crippen LogP contribution in [0.2, 0.25) is 13.1 Å². The minimum atomic E-state index is -2.10. The number of benzene rings is 4. The van der Waals surface area contributed by atoms with Crippen LogP contribution in [0.3, 0.4) is 0 Å². The average Bonchev–Trinajstić information content (AvgIpc) is 3.52. The zero-order valence-corrected chi connectivity index (χ0v) is 26.4. The van der Waals surface area contributed by atoms with Gasteiger partial charge in [0.1, 0.15) is 0 Å². The molecular formula is C36H36SiZr. The fraction of sp³-hybridized carbons (Fsp3) is 0.222. The summed E-state index contributed by atoms with van der Waals surface area (Å²) in [6.07, 6.45) is 7.50. The van der Waals surface area contributed by atoms with Crippen molar-refractivity contribution in [3.8, 4) is 22.3 Å². The van der Waals surface area contributed by atoms with Crippen molar-refractivity contribution in [1.82, 2.24) is 0 Å². The first-order valence-electron chi connectivity index (χ1n) is 14.1. The van der Waals surface area contributed by atoms with Gasteiger partial charge in [-0.15, -0.1) is 0 Å². The van der Waals surface area contributed by atoms with E-state index in [0.29, 0.717) is 7.25 Å². The predicted octanol–water partition coefficient (Wildman–Crippen LogP) is 10.3. The van der Waals surface area contributed by atoms with Gasteiger partial charge < -0.3 is 0 Å². The van der Waals surface area contributed by atoms with Crippen molar-refractivity contribution in [2.24, 2.45) is 0 Å². The fourth-order valence-electron chi connectivity index (χ4n) is 6.76. The van der Waals surface area contributed by atoms with E-state index < -0.39 is 25.8 Å². The Kier molecular flexibility index (Phi) is 7.39. The average molecular weight is 588 g/mol. The molecule has 0 N–H and O–H groups in total. The maximum atomic E-state index is 2.64. The Labute approximate surface area is 236 Å². The molecule has 2 aliphatic rings. The van der Waals surface area contributed by atoms with Gasteiger partial charge in [0.05, 0.1) is 0 Å². The summed E-state index contributed by atoms with van der Waals surface area (Å²) in [5.41, 5.74) is 14.7. The van der Waals surface area contributed by atoms with E-state index in [1.54, 1.807) is 22.3 Å². The Morgan fingerprint density at radius 2 is 0.974 bits per heavy atom. The molecule has 2 atom stereocenters. The molecule has 38 heavy (non-hydrogen) atoms. The molecule has 2 aliphatic carbocycles. The van der Waals surface area contributed by atoms with E-state index in [9.17, 15) is 0 Å². The zero-order valence-electron chi connectivity index (χ0n) is 23.0. The first-order chi connectivity index (χ1) is 18.6. The van der Waals surface area contributed by atoms with Crippen LogP contribution in [0.5, 0.6) is 0 Å². The Hall–Kier alpha value is -2.54. The Morgan fingerprint density at radius 1 is 0.553 bits per heavy atom. The summed E-state index contributed by atoms with van der Waals surface area (Å²) >= 11 is -2.10. The molecule has 0 fully saturated rings. The molecule has 2 unspecified atom stereocenters. The Morgan fingerprint density at radius 3 is 1.34 bits per heavy atom. The zero-order chi connectivity index (χ0) is 26.2. The third-order valence-electron chi connectivity index (χ3n) is 8.49. The summed E-state index contributed by atoms with van der Waals surface area (Å²) in [4.78, 5) is 0. The van der Waals surface area contributed by atoms with Crippen LogP contribution >= 0.6 is 0 Å². The molecule has 4 aromatic rings. The van der Waals surface area contributed by atoms with Gasteiger partial charge in [0, 0.05) is 0 Å². The second-order valence-corrected chi connectivity index (χ2v) is 28.7. The summed E-state index contributed by atoms with van der Waals surface area (Å²) in [6, 6.07) is 36.3. The van der Waals surface area contributed by atoms with Gasteiger partial charge in [0.25, 0.3) is 0 Å². The van der Waals surface area contributed by atoms with E-state index in [1.807, 2.05) is 0 Å². The molecule has 2 heteroatoms. The standard InChI is InChI=1S/2C17H15.C2H6Si.Zr/c2*1-2-13-11-15-9-6-10-16(17(15)12-13)14-7-4-3-5-8-14;1-3-2;/h2*3-12H,2H2,1H3;1-2H3;. The van der Waals surface area contributed by atoms with Crippen LogP contribution in [0.25, 0.3) is 34.4 Å². The fourth-order valence-corrected chi connectivity index (χ4v) is 27.5. The number of fused-ring (bicyclic) bond motifs is 2. The van der Waals surface area contributed by atoms with Crippen molar-refractivity contribution >= 4 is 17.6 Å². The quantitative estimate of drug-likeness (QED) is 0.197. The topological polar surface area (TPSA) is 0 Å². The number of hydrogen-bond acceptors (Lipinski definition) is 0. The summed E-state index contributed by atoms with van der Waals surface area (Å²) in [6.45, 7) is 10.0. The molecule has 0 bridgehead atoms. The molecule has 6 rings (SSSR count). The third kappa shape index (κ3) is 4.41. The Balaban J connectivity index is 1.52. The van der Waals surface area contributed by atoms with Gasteiger partial charge in [0.15, 0.2) is 0 Å². The van der Waals surface area contributed by atoms with Crippen molar-refractivity contribution in [3.05, 3.63) is 130 Å². The van der Waals surface area contributed by atoms with Crippen molar-refractivity contribution < 1.29 is 20.4 Å². The van der Waals surface area contributed by atoms with Crippen molar-refractivity contribution in [2.45, 2.75) is 47.0 Å². The molecule has 0 amide bonds. The van der Waals surface area contributed by atoms with Crippen LogP contribution in [-0.2, 0) is 20.4 Å². The first-order valence-corrected chi connectivity index (χ1v) is 23.1. The number of allylic oxidation sites excluding steroid dienone is 2. The van der Waals surface area contributed by atoms with Crippen LogP contribution < -0.4 is 0 Å². The van der Waals surface area contributed by atoms with E-state index in [-0.39, 0.29) is 0 Å². The van der Waals surface area contributed by atoms with Gasteiger partial charge in [-0.2, -0.15) is 0 Å². The normalized spacial score (nSPS) is 17.5. The minimum absolute atomic E-state index is 0.445. The molecular weight excluding hydrogens is 552 g/mol. The summed E-state index contributed by atoms with van der Waals surface area (Å²) in [5.74, 6) is 0. The molecule has 188 valence electrons. The van der Waals surface area contributed by atoms with Crippen LogP contribution in [0, 0.1) is 0 Å². The van der Waals surface area contributed by atoms with Crippen LogP contribution in [0.4, 0.5) is 0 Å². The number of rotatable bonds is 6. The van der Waals surface area contributed by atoms with Gasteiger partial charge in [-0.3, -0.25) is 0 Å². The Bertz CT molecular complexity index is 1470. The van der Waals surface area contributed by atoms with Crippen molar-refractivity contribution in [3.63, 3.8) is 0 Å².